The number of piperidine rings is 1. The second kappa shape index (κ2) is 5.55. The van der Waals surface area contributed by atoms with Crippen molar-refractivity contribution in [1.82, 2.24) is 14.6 Å². The molecule has 2 unspecified atom stereocenters. The molecule has 0 spiro atoms. The highest BCUT2D eigenvalue weighted by Gasteiger charge is 2.28. The molecular weight excluding hydrogens is 280 g/mol. The first-order valence-electron chi connectivity index (χ1n) is 6.50. The number of nitrogens with one attached hydrogen (secondary N) is 2. The third-order valence-corrected chi connectivity index (χ3v) is 5.13. The number of aromatic nitrogens is 1. The summed E-state index contributed by atoms with van der Waals surface area (Å²) in [4.78, 5) is 11.2. The normalized spacial score (nSPS) is 23.7. The van der Waals surface area contributed by atoms with Crippen LogP contribution in [0.5, 0.6) is 0 Å². The minimum Gasteiger partial charge on any atom is -0.364 e. The van der Waals surface area contributed by atoms with E-state index in [1.165, 1.54) is 16.8 Å². The lowest BCUT2D eigenvalue weighted by Gasteiger charge is -2.29. The second-order valence-corrected chi connectivity index (χ2v) is 6.95. The van der Waals surface area contributed by atoms with E-state index in [1.807, 2.05) is 6.92 Å². The number of sulfonamides is 1. The van der Waals surface area contributed by atoms with E-state index in [4.69, 9.17) is 5.73 Å². The molecule has 2 rings (SSSR count). The van der Waals surface area contributed by atoms with Gasteiger partial charge in [-0.05, 0) is 24.9 Å². The van der Waals surface area contributed by atoms with Crippen molar-refractivity contribution in [3.63, 3.8) is 0 Å². The molecule has 7 nitrogen and oxygen atoms in total. The molecule has 0 radical (unpaired) electrons. The van der Waals surface area contributed by atoms with Gasteiger partial charge in [0.1, 0.15) is 10.6 Å². The van der Waals surface area contributed by atoms with Crippen LogP contribution in [-0.2, 0) is 17.1 Å². The number of carbonyl (C=O) groups is 1. The summed E-state index contributed by atoms with van der Waals surface area (Å²) in [5.41, 5.74) is 5.36. The number of rotatable bonds is 4. The van der Waals surface area contributed by atoms with Gasteiger partial charge in [0.2, 0.25) is 10.0 Å². The van der Waals surface area contributed by atoms with Crippen LogP contribution in [0.3, 0.4) is 0 Å². The lowest BCUT2D eigenvalue weighted by atomic mass is 9.96. The average molecular weight is 300 g/mol. The van der Waals surface area contributed by atoms with Crippen LogP contribution in [0.1, 0.15) is 23.8 Å². The predicted octanol–water partition coefficient (Wildman–Crippen LogP) is -0.600. The van der Waals surface area contributed by atoms with Crippen LogP contribution in [0.4, 0.5) is 0 Å². The molecule has 1 aromatic heterocycles. The minimum absolute atomic E-state index is 0.0616. The Morgan fingerprint density at radius 2 is 2.25 bits per heavy atom. The van der Waals surface area contributed by atoms with E-state index in [-0.39, 0.29) is 22.5 Å². The number of nitrogens with zero attached hydrogens (tertiary/aromatic N) is 1. The number of carbonyl (C=O) groups excluding carboxylic acids is 1. The highest BCUT2D eigenvalue weighted by atomic mass is 32.2. The molecule has 1 aromatic rings. The van der Waals surface area contributed by atoms with E-state index in [2.05, 4.69) is 10.0 Å². The van der Waals surface area contributed by atoms with Crippen molar-refractivity contribution in [2.75, 3.05) is 13.1 Å². The smallest absolute Gasteiger partial charge is 0.265 e. The number of nitrogens with two attached hydrogens (primary N) is 1. The SMILES string of the molecule is CC1CCNCC1NS(=O)(=O)c1cc(C(N)=O)n(C)c1. The van der Waals surface area contributed by atoms with Crippen molar-refractivity contribution < 1.29 is 13.2 Å². The third kappa shape index (κ3) is 3.02. The quantitative estimate of drug-likeness (QED) is 0.690. The Morgan fingerprint density at radius 3 is 2.80 bits per heavy atom. The maximum atomic E-state index is 12.3. The van der Waals surface area contributed by atoms with Gasteiger partial charge in [-0.15, -0.1) is 0 Å². The Hall–Kier alpha value is -1.38. The summed E-state index contributed by atoms with van der Waals surface area (Å²) in [7, 11) is -2.06. The fourth-order valence-electron chi connectivity index (χ4n) is 2.34. The second-order valence-electron chi connectivity index (χ2n) is 5.23. The van der Waals surface area contributed by atoms with Crippen molar-refractivity contribution >= 4 is 15.9 Å². The number of primary amides is 1. The molecule has 0 saturated carbocycles. The van der Waals surface area contributed by atoms with Crippen LogP contribution < -0.4 is 15.8 Å². The molecule has 0 aliphatic carbocycles. The first kappa shape index (κ1) is 15.0. The van der Waals surface area contributed by atoms with Crippen LogP contribution in [0, 0.1) is 5.92 Å². The molecular formula is C12H20N4O3S. The molecule has 2 atom stereocenters. The van der Waals surface area contributed by atoms with E-state index in [1.54, 1.807) is 7.05 Å². The lowest BCUT2D eigenvalue weighted by Crippen LogP contribution is -2.50. The number of hydrogen-bond donors (Lipinski definition) is 3. The Labute approximate surface area is 118 Å². The summed E-state index contributed by atoms with van der Waals surface area (Å²) in [5, 5.41) is 3.17. The Morgan fingerprint density at radius 1 is 1.55 bits per heavy atom. The summed E-state index contributed by atoms with van der Waals surface area (Å²) in [6.45, 7) is 3.53. The summed E-state index contributed by atoms with van der Waals surface area (Å²) in [6, 6.07) is 1.15. The molecule has 1 amide bonds. The van der Waals surface area contributed by atoms with Crippen molar-refractivity contribution in [2.24, 2.45) is 18.7 Å². The fraction of sp³-hybridized carbons (Fsp3) is 0.583. The van der Waals surface area contributed by atoms with E-state index in [9.17, 15) is 13.2 Å². The third-order valence-electron chi connectivity index (χ3n) is 3.68. The van der Waals surface area contributed by atoms with Gasteiger partial charge >= 0.3 is 0 Å². The molecule has 1 aliphatic heterocycles. The molecule has 1 fully saturated rings. The molecule has 20 heavy (non-hydrogen) atoms. The summed E-state index contributed by atoms with van der Waals surface area (Å²) >= 11 is 0. The standard InChI is InChI=1S/C12H20N4O3S/c1-8-3-4-14-6-10(8)15-20(18,19)9-5-11(12(13)17)16(2)7-9/h5,7-8,10,14-15H,3-4,6H2,1-2H3,(H2,13,17). The van der Waals surface area contributed by atoms with Crippen LogP contribution in [0.2, 0.25) is 0 Å². The first-order chi connectivity index (χ1) is 9.31. The first-order valence-corrected chi connectivity index (χ1v) is 7.99. The van der Waals surface area contributed by atoms with Crippen LogP contribution in [0.15, 0.2) is 17.2 Å². The van der Waals surface area contributed by atoms with Gasteiger partial charge in [0.25, 0.3) is 5.91 Å². The molecule has 0 aromatic carbocycles. The summed E-state index contributed by atoms with van der Waals surface area (Å²) in [5.74, 6) is -0.382. The fourth-order valence-corrected chi connectivity index (χ4v) is 3.75. The Balaban J connectivity index is 2.22. The van der Waals surface area contributed by atoms with Crippen molar-refractivity contribution in [3.05, 3.63) is 18.0 Å². The van der Waals surface area contributed by atoms with E-state index in [0.717, 1.165) is 13.0 Å². The van der Waals surface area contributed by atoms with Crippen molar-refractivity contribution in [3.8, 4) is 0 Å². The molecule has 2 heterocycles. The van der Waals surface area contributed by atoms with Crippen molar-refractivity contribution in [1.29, 1.82) is 0 Å². The van der Waals surface area contributed by atoms with Gasteiger partial charge in [-0.2, -0.15) is 0 Å². The zero-order valence-electron chi connectivity index (χ0n) is 11.6. The monoisotopic (exact) mass is 300 g/mol. The number of hydrogen-bond acceptors (Lipinski definition) is 4. The lowest BCUT2D eigenvalue weighted by molar-refractivity contribution is 0.0992. The highest BCUT2D eigenvalue weighted by Crippen LogP contribution is 2.17. The zero-order valence-corrected chi connectivity index (χ0v) is 12.4. The van der Waals surface area contributed by atoms with E-state index >= 15 is 0 Å². The topological polar surface area (TPSA) is 106 Å². The molecule has 1 saturated heterocycles. The van der Waals surface area contributed by atoms with Crippen LogP contribution in [-0.4, -0.2) is 38.0 Å². The van der Waals surface area contributed by atoms with E-state index < -0.39 is 15.9 Å². The van der Waals surface area contributed by atoms with Gasteiger partial charge < -0.3 is 15.6 Å². The Bertz CT molecular complexity index is 608. The molecule has 1 aliphatic rings. The predicted molar refractivity (Wildman–Crippen MR) is 74.7 cm³/mol. The molecule has 112 valence electrons. The van der Waals surface area contributed by atoms with Gasteiger partial charge in [0.15, 0.2) is 0 Å². The maximum Gasteiger partial charge on any atom is 0.265 e. The average Bonchev–Trinajstić information content (AvgIpc) is 2.75. The largest absolute Gasteiger partial charge is 0.364 e. The van der Waals surface area contributed by atoms with E-state index in [0.29, 0.717) is 6.54 Å². The van der Waals surface area contributed by atoms with Gasteiger partial charge in [-0.1, -0.05) is 6.92 Å². The maximum absolute atomic E-state index is 12.3. The van der Waals surface area contributed by atoms with Gasteiger partial charge in [-0.25, -0.2) is 13.1 Å². The summed E-state index contributed by atoms with van der Waals surface area (Å²) in [6.07, 6.45) is 2.32. The van der Waals surface area contributed by atoms with Gasteiger partial charge in [-0.3, -0.25) is 4.79 Å². The van der Waals surface area contributed by atoms with Crippen molar-refractivity contribution in [2.45, 2.75) is 24.3 Å². The Kier molecular flexibility index (Phi) is 4.17. The zero-order chi connectivity index (χ0) is 14.9. The molecule has 8 heteroatoms. The molecule has 4 N–H and O–H groups in total. The van der Waals surface area contributed by atoms with Gasteiger partial charge in [0, 0.05) is 25.8 Å². The summed E-state index contributed by atoms with van der Waals surface area (Å²) < 4.78 is 28.8. The number of amides is 1. The highest BCUT2D eigenvalue weighted by molar-refractivity contribution is 7.89. The number of aryl methyl sites for hydroxylation is 1. The minimum atomic E-state index is -3.65. The van der Waals surface area contributed by atoms with Gasteiger partial charge in [0.05, 0.1) is 0 Å². The molecule has 0 bridgehead atoms. The van der Waals surface area contributed by atoms with Crippen LogP contribution in [0.25, 0.3) is 0 Å². The van der Waals surface area contributed by atoms with Crippen LogP contribution >= 0.6 is 0 Å².